The lowest BCUT2D eigenvalue weighted by atomic mass is 10.0. The first-order valence-corrected chi connectivity index (χ1v) is 10.5. The molecule has 2 aliphatic heterocycles. The first kappa shape index (κ1) is 17.9. The van der Waals surface area contributed by atoms with Gasteiger partial charge in [-0.1, -0.05) is 17.4 Å². The fraction of sp³-hybridized carbons (Fsp3) is 0.267. The van der Waals surface area contributed by atoms with E-state index >= 15 is 0 Å². The normalized spacial score (nSPS) is 21.6. The fourth-order valence-corrected chi connectivity index (χ4v) is 5.73. The van der Waals surface area contributed by atoms with Crippen molar-refractivity contribution in [2.24, 2.45) is 0 Å². The van der Waals surface area contributed by atoms with Crippen LogP contribution in [0, 0.1) is 0 Å². The molecule has 1 fully saturated rings. The van der Waals surface area contributed by atoms with Crippen molar-refractivity contribution in [2.45, 2.75) is 17.8 Å². The predicted molar refractivity (Wildman–Crippen MR) is 102 cm³/mol. The second-order valence-corrected chi connectivity index (χ2v) is 8.94. The summed E-state index contributed by atoms with van der Waals surface area (Å²) in [6.45, 7) is 0. The van der Waals surface area contributed by atoms with Gasteiger partial charge in [-0.25, -0.2) is 4.79 Å². The van der Waals surface area contributed by atoms with Crippen molar-refractivity contribution in [1.29, 1.82) is 0 Å². The summed E-state index contributed by atoms with van der Waals surface area (Å²) in [4.78, 5) is 38.7. The van der Waals surface area contributed by atoms with Crippen LogP contribution in [0.2, 0.25) is 0 Å². The molecule has 9 nitrogen and oxygen atoms in total. The van der Waals surface area contributed by atoms with E-state index in [2.05, 4.69) is 15.5 Å². The number of aliphatic carboxylic acids is 1. The summed E-state index contributed by atoms with van der Waals surface area (Å²) in [6.07, 6.45) is 0.190. The Morgan fingerprint density at radius 1 is 1.41 bits per heavy atom. The molecule has 0 bridgehead atoms. The minimum absolute atomic E-state index is 0.122. The molecule has 4 heterocycles. The number of nitrogen functional groups attached to an aromatic ring is 1. The van der Waals surface area contributed by atoms with E-state index < -0.39 is 23.3 Å². The number of amides is 2. The number of nitrogens with one attached hydrogen (secondary N) is 1. The van der Waals surface area contributed by atoms with Crippen molar-refractivity contribution >= 4 is 62.9 Å². The van der Waals surface area contributed by atoms with E-state index in [1.54, 1.807) is 0 Å². The average molecular weight is 424 g/mol. The molecule has 140 valence electrons. The largest absolute Gasteiger partial charge is 0.477 e. The van der Waals surface area contributed by atoms with Crippen molar-refractivity contribution in [3.63, 3.8) is 0 Å². The topological polar surface area (TPSA) is 139 Å². The molecule has 4 N–H and O–H groups in total. The number of thiophene rings is 1. The monoisotopic (exact) mass is 423 g/mol. The molecule has 2 amide bonds. The Labute approximate surface area is 165 Å². The van der Waals surface area contributed by atoms with Gasteiger partial charge in [0.2, 0.25) is 11.0 Å². The number of β-lactam (4-membered cyclic amide) rings is 1. The smallest absolute Gasteiger partial charge is 0.353 e. The first-order chi connectivity index (χ1) is 13.0. The number of aromatic nitrogens is 2. The second-order valence-electron chi connectivity index (χ2n) is 5.79. The van der Waals surface area contributed by atoms with Crippen LogP contribution in [0.15, 0.2) is 23.2 Å². The van der Waals surface area contributed by atoms with Crippen LogP contribution in [0.1, 0.15) is 9.88 Å². The second kappa shape index (κ2) is 6.94. The minimum atomic E-state index is -1.22. The molecule has 0 spiro atoms. The summed E-state index contributed by atoms with van der Waals surface area (Å²) in [5.41, 5.74) is 5.87. The van der Waals surface area contributed by atoms with Gasteiger partial charge in [-0.15, -0.1) is 33.3 Å². The van der Waals surface area contributed by atoms with Gasteiger partial charge in [0.15, 0.2) is 0 Å². The van der Waals surface area contributed by atoms with Crippen molar-refractivity contribution in [1.82, 2.24) is 20.4 Å². The van der Waals surface area contributed by atoms with E-state index in [9.17, 15) is 19.5 Å². The predicted octanol–water partition coefficient (Wildman–Crippen LogP) is 0.620. The van der Waals surface area contributed by atoms with Crippen molar-refractivity contribution in [3.8, 4) is 0 Å². The Kier molecular flexibility index (Phi) is 4.61. The maximum absolute atomic E-state index is 12.6. The zero-order valence-electron chi connectivity index (χ0n) is 13.6. The van der Waals surface area contributed by atoms with Crippen molar-refractivity contribution in [3.05, 3.63) is 33.1 Å². The molecule has 1 unspecified atom stereocenters. The molecular weight excluding hydrogens is 410 g/mol. The lowest BCUT2D eigenvalue weighted by Crippen LogP contribution is -2.70. The van der Waals surface area contributed by atoms with Crippen LogP contribution in [0.4, 0.5) is 5.13 Å². The number of rotatable bonds is 5. The Balaban J connectivity index is 1.54. The molecule has 2 aromatic rings. The van der Waals surface area contributed by atoms with E-state index in [4.69, 9.17) is 5.73 Å². The number of carboxylic acid groups (broad SMARTS) is 1. The number of carboxylic acids is 1. The zero-order chi connectivity index (χ0) is 19.1. The molecule has 0 saturated carbocycles. The van der Waals surface area contributed by atoms with Gasteiger partial charge < -0.3 is 16.2 Å². The summed E-state index contributed by atoms with van der Waals surface area (Å²) in [5.74, 6) is -1.60. The highest BCUT2D eigenvalue weighted by Gasteiger charge is 2.54. The summed E-state index contributed by atoms with van der Waals surface area (Å²) in [7, 11) is 0. The average Bonchev–Trinajstić information content (AvgIpc) is 3.29. The maximum atomic E-state index is 12.6. The molecule has 2 aromatic heterocycles. The molecule has 0 radical (unpaired) electrons. The Hall–Kier alpha value is -2.44. The number of fused-ring (bicyclic) bond motifs is 1. The van der Waals surface area contributed by atoms with Gasteiger partial charge in [0.1, 0.15) is 22.1 Å². The lowest BCUT2D eigenvalue weighted by Gasteiger charge is -2.49. The van der Waals surface area contributed by atoms with Crippen LogP contribution in [-0.4, -0.2) is 55.2 Å². The quantitative estimate of drug-likeness (QED) is 0.595. The van der Waals surface area contributed by atoms with Gasteiger partial charge in [0, 0.05) is 16.2 Å². The van der Waals surface area contributed by atoms with Gasteiger partial charge in [0.05, 0.1) is 6.42 Å². The van der Waals surface area contributed by atoms with Crippen LogP contribution >= 0.6 is 34.4 Å². The molecule has 0 aliphatic carbocycles. The Bertz CT molecular complexity index is 955. The van der Waals surface area contributed by atoms with Crippen LogP contribution in [0.3, 0.4) is 0 Å². The van der Waals surface area contributed by atoms with Gasteiger partial charge in [-0.3, -0.25) is 14.5 Å². The lowest BCUT2D eigenvalue weighted by molar-refractivity contribution is -0.150. The summed E-state index contributed by atoms with van der Waals surface area (Å²) in [5, 5.41) is 22.0. The number of anilines is 1. The molecule has 27 heavy (non-hydrogen) atoms. The van der Waals surface area contributed by atoms with Crippen LogP contribution in [0.25, 0.3) is 5.57 Å². The summed E-state index contributed by atoms with van der Waals surface area (Å²) < 4.78 is 0. The summed E-state index contributed by atoms with van der Waals surface area (Å²) >= 11 is 3.91. The zero-order valence-corrected chi connectivity index (χ0v) is 16.1. The molecule has 0 aromatic carbocycles. The first-order valence-electron chi connectivity index (χ1n) is 7.78. The molecule has 2 aliphatic rings. The number of hydrogen-bond acceptors (Lipinski definition) is 9. The number of thioether (sulfide) groups is 1. The number of carbonyl (C=O) groups is 3. The van der Waals surface area contributed by atoms with Crippen LogP contribution in [-0.2, 0) is 20.8 Å². The van der Waals surface area contributed by atoms with Gasteiger partial charge in [0.25, 0.3) is 5.91 Å². The third-order valence-corrected chi connectivity index (χ3v) is 7.07. The fourth-order valence-electron chi connectivity index (χ4n) is 2.94. The number of carbonyl (C=O) groups excluding carboxylic acids is 2. The molecule has 1 saturated heterocycles. The Morgan fingerprint density at radius 2 is 2.22 bits per heavy atom. The molecule has 4 rings (SSSR count). The van der Waals surface area contributed by atoms with Gasteiger partial charge >= 0.3 is 5.97 Å². The standard InChI is InChI=1S/C15H13N5O4S3/c16-15-19-18-11(27-15)7-5-26-13-9(12(22)20(13)10(7)14(23)24)17-8(21)4-6-2-1-3-25-6/h1-3,9,13H,4-5H2,(H2,16,19)(H,17,21)(H,23,24)/t9?,13-/m0/s1. The SMILES string of the molecule is Nc1nnc(C2=C(C(=O)O)N3C(=O)C(NC(=O)Cc4cccs4)[C@@H]3SC2)s1. The highest BCUT2D eigenvalue weighted by atomic mass is 32.2. The molecule has 2 atom stereocenters. The number of hydrogen-bond donors (Lipinski definition) is 3. The maximum Gasteiger partial charge on any atom is 0.353 e. The van der Waals surface area contributed by atoms with E-state index in [0.717, 1.165) is 16.2 Å². The Morgan fingerprint density at radius 3 is 2.85 bits per heavy atom. The van der Waals surface area contributed by atoms with Gasteiger partial charge in [-0.2, -0.15) is 0 Å². The third-order valence-electron chi connectivity index (χ3n) is 4.10. The third kappa shape index (κ3) is 3.19. The van der Waals surface area contributed by atoms with Crippen molar-refractivity contribution in [2.75, 3.05) is 11.5 Å². The van der Waals surface area contributed by atoms with Crippen LogP contribution in [0.5, 0.6) is 0 Å². The summed E-state index contributed by atoms with van der Waals surface area (Å²) in [6, 6.07) is 2.96. The molecule has 12 heteroatoms. The van der Waals surface area contributed by atoms with Crippen molar-refractivity contribution < 1.29 is 19.5 Å². The number of nitrogens with zero attached hydrogens (tertiary/aromatic N) is 3. The van der Waals surface area contributed by atoms with Gasteiger partial charge in [-0.05, 0) is 11.4 Å². The van der Waals surface area contributed by atoms with Crippen LogP contribution < -0.4 is 11.1 Å². The van der Waals surface area contributed by atoms with E-state index in [-0.39, 0.29) is 23.2 Å². The molecular formula is C15H13N5O4S3. The van der Waals surface area contributed by atoms with E-state index in [0.29, 0.717) is 16.3 Å². The minimum Gasteiger partial charge on any atom is -0.477 e. The van der Waals surface area contributed by atoms with E-state index in [1.807, 2.05) is 17.5 Å². The number of nitrogens with two attached hydrogens (primary N) is 1. The highest BCUT2D eigenvalue weighted by molar-refractivity contribution is 8.00. The van der Waals surface area contributed by atoms with E-state index in [1.165, 1.54) is 28.0 Å². The highest BCUT2D eigenvalue weighted by Crippen LogP contribution is 2.43.